The zero-order chi connectivity index (χ0) is 25.0. The Morgan fingerprint density at radius 2 is 1.12 bits per heavy atom. The molecule has 6 heteroatoms. The van der Waals surface area contributed by atoms with E-state index in [0.29, 0.717) is 22.1 Å². The number of hydrogen-bond donors (Lipinski definition) is 2. The maximum absolute atomic E-state index is 12.9. The smallest absolute Gasteiger partial charge is 0.276 e. The van der Waals surface area contributed by atoms with Gasteiger partial charge in [0.05, 0.1) is 28.2 Å². The number of carbonyl (C=O) groups excluding carboxylic acids is 2. The third kappa shape index (κ3) is 10.9. The third-order valence-corrected chi connectivity index (χ3v) is 5.82. The van der Waals surface area contributed by atoms with Crippen molar-refractivity contribution < 1.29 is 18.6 Å². The quantitative estimate of drug-likeness (QED) is 0.252. The van der Waals surface area contributed by atoms with E-state index in [1.54, 1.807) is 0 Å². The molecule has 0 atom stereocenters. The number of quaternary nitrogens is 2. The molecule has 0 bridgehead atoms. The van der Waals surface area contributed by atoms with Crippen LogP contribution in [0.2, 0.25) is 0 Å². The zero-order valence-corrected chi connectivity index (χ0v) is 21.7. The van der Waals surface area contributed by atoms with Gasteiger partial charge in [0.1, 0.15) is 19.3 Å². The number of nitrogens with one attached hydrogen (secondary N) is 2. The van der Waals surface area contributed by atoms with Gasteiger partial charge in [-0.1, -0.05) is 80.4 Å². The number of likely N-dealkylation sites (N-methyl/N-ethyl adjacent to an activating group) is 2. The molecule has 2 aromatic carbocycles. The fourth-order valence-electron chi connectivity index (χ4n) is 4.30. The fourth-order valence-corrected chi connectivity index (χ4v) is 4.30. The van der Waals surface area contributed by atoms with E-state index >= 15 is 0 Å². The summed E-state index contributed by atoms with van der Waals surface area (Å²) in [5.41, 5.74) is 2.40. The minimum absolute atomic E-state index is 0.0410. The van der Waals surface area contributed by atoms with Crippen LogP contribution in [0, 0.1) is 0 Å². The Hall–Kier alpha value is -2.70. The predicted molar refractivity (Wildman–Crippen MR) is 138 cm³/mol. The molecule has 0 saturated heterocycles. The lowest BCUT2D eigenvalue weighted by Gasteiger charge is -2.31. The van der Waals surface area contributed by atoms with Gasteiger partial charge in [0.25, 0.3) is 11.8 Å². The van der Waals surface area contributed by atoms with E-state index in [4.69, 9.17) is 0 Å². The van der Waals surface area contributed by atoms with Gasteiger partial charge in [-0.3, -0.25) is 9.59 Å². The zero-order valence-electron chi connectivity index (χ0n) is 21.7. The van der Waals surface area contributed by atoms with Crippen molar-refractivity contribution in [3.8, 4) is 0 Å². The molecule has 0 unspecified atom stereocenters. The summed E-state index contributed by atoms with van der Waals surface area (Å²) in [5.74, 6) is -0.0819. The van der Waals surface area contributed by atoms with E-state index in [1.165, 1.54) is 11.1 Å². The van der Waals surface area contributed by atoms with Crippen LogP contribution in [0.1, 0.15) is 43.7 Å². The molecule has 0 radical (unpaired) electrons. The molecule has 2 rings (SSSR count). The summed E-state index contributed by atoms with van der Waals surface area (Å²) in [5, 5.41) is 6.18. The van der Waals surface area contributed by atoms with Crippen molar-refractivity contribution in [1.29, 1.82) is 0 Å². The average molecular weight is 469 g/mol. The van der Waals surface area contributed by atoms with Gasteiger partial charge in [-0.2, -0.15) is 0 Å². The summed E-state index contributed by atoms with van der Waals surface area (Å²) in [4.78, 5) is 25.8. The van der Waals surface area contributed by atoms with Crippen LogP contribution in [0.3, 0.4) is 0 Å². The molecule has 34 heavy (non-hydrogen) atoms. The highest BCUT2D eigenvalue weighted by atomic mass is 16.2. The van der Waals surface area contributed by atoms with Gasteiger partial charge < -0.3 is 19.6 Å². The number of hydrogen-bond acceptors (Lipinski definition) is 2. The van der Waals surface area contributed by atoms with Crippen LogP contribution in [0.25, 0.3) is 0 Å². The molecule has 0 aromatic heterocycles. The van der Waals surface area contributed by atoms with Crippen LogP contribution in [-0.2, 0) is 22.7 Å². The Bertz CT molecular complexity index is 812. The molecule has 2 amide bonds. The van der Waals surface area contributed by atoms with Crippen LogP contribution in [-0.4, -0.2) is 68.2 Å². The minimum Gasteiger partial charge on any atom is -0.331 e. The Morgan fingerprint density at radius 1 is 0.706 bits per heavy atom. The standard InChI is InChI=1S/C28H42N4O2/c1-6-7-10-19-26(29-27(33)22-31(2,3)20-24-15-11-8-12-16-24)30-28(34)23-32(4,5)21-25-17-13-9-14-18-25/h8-9,11-18,26H,6-7,10,19-23H2,1-5H3/p+2. The molecule has 2 N–H and O–H groups in total. The van der Waals surface area contributed by atoms with Crippen molar-refractivity contribution >= 4 is 11.8 Å². The van der Waals surface area contributed by atoms with Crippen molar-refractivity contribution in [2.45, 2.75) is 51.9 Å². The molecule has 0 aliphatic carbocycles. The Labute approximate surface area is 206 Å². The lowest BCUT2D eigenvalue weighted by molar-refractivity contribution is -0.896. The first-order chi connectivity index (χ1) is 16.1. The summed E-state index contributed by atoms with van der Waals surface area (Å²) in [6.07, 6.45) is 3.53. The number of benzene rings is 2. The molecule has 2 aromatic rings. The summed E-state index contributed by atoms with van der Waals surface area (Å²) in [6, 6.07) is 20.4. The number of amides is 2. The van der Waals surface area contributed by atoms with Crippen LogP contribution < -0.4 is 10.6 Å². The summed E-state index contributed by atoms with van der Waals surface area (Å²) in [6.45, 7) is 4.40. The number of rotatable bonds is 14. The molecule has 0 spiro atoms. The van der Waals surface area contributed by atoms with Gasteiger partial charge in [0.15, 0.2) is 13.1 Å². The number of nitrogens with zero attached hydrogens (tertiary/aromatic N) is 2. The van der Waals surface area contributed by atoms with Gasteiger partial charge in [-0.15, -0.1) is 0 Å². The second-order valence-electron chi connectivity index (χ2n) is 10.7. The predicted octanol–water partition coefficient (Wildman–Crippen LogP) is 3.68. The SMILES string of the molecule is CCCCCC(NC(=O)C[N+](C)(C)Cc1ccccc1)NC(=O)C[N+](C)(C)Cc1ccccc1. The van der Waals surface area contributed by atoms with Crippen molar-refractivity contribution in [2.24, 2.45) is 0 Å². The van der Waals surface area contributed by atoms with Crippen LogP contribution >= 0.6 is 0 Å². The normalized spacial score (nSPS) is 11.9. The fraction of sp³-hybridized carbons (Fsp3) is 0.500. The number of carbonyl (C=O) groups is 2. The first-order valence-electron chi connectivity index (χ1n) is 12.4. The van der Waals surface area contributed by atoms with Crippen LogP contribution in [0.5, 0.6) is 0 Å². The minimum atomic E-state index is -0.347. The molecule has 6 nitrogen and oxygen atoms in total. The van der Waals surface area contributed by atoms with E-state index in [1.807, 2.05) is 36.4 Å². The molecular weight excluding hydrogens is 424 g/mol. The van der Waals surface area contributed by atoms with Gasteiger partial charge >= 0.3 is 0 Å². The van der Waals surface area contributed by atoms with E-state index in [-0.39, 0.29) is 18.0 Å². The van der Waals surface area contributed by atoms with Crippen LogP contribution in [0.4, 0.5) is 0 Å². The van der Waals surface area contributed by atoms with E-state index < -0.39 is 0 Å². The maximum Gasteiger partial charge on any atom is 0.276 e. The Kier molecular flexibility index (Phi) is 10.7. The Morgan fingerprint density at radius 3 is 1.50 bits per heavy atom. The summed E-state index contributed by atoms with van der Waals surface area (Å²) < 4.78 is 1.10. The maximum atomic E-state index is 12.9. The molecule has 0 heterocycles. The van der Waals surface area contributed by atoms with Crippen LogP contribution in [0.15, 0.2) is 60.7 Å². The first kappa shape index (κ1) is 27.5. The third-order valence-electron chi connectivity index (χ3n) is 5.82. The highest BCUT2D eigenvalue weighted by Gasteiger charge is 2.26. The van der Waals surface area contributed by atoms with Gasteiger partial charge in [-0.25, -0.2) is 0 Å². The molecule has 186 valence electrons. The average Bonchev–Trinajstić information content (AvgIpc) is 2.73. The molecular formula is C28H44N4O2+2. The van der Waals surface area contributed by atoms with Crippen molar-refractivity contribution in [3.05, 3.63) is 71.8 Å². The topological polar surface area (TPSA) is 58.2 Å². The number of unbranched alkanes of at least 4 members (excludes halogenated alkanes) is 2. The molecule has 0 fully saturated rings. The molecule has 0 aliphatic rings. The second-order valence-corrected chi connectivity index (χ2v) is 10.7. The van der Waals surface area contributed by atoms with Crippen molar-refractivity contribution in [1.82, 2.24) is 10.6 Å². The largest absolute Gasteiger partial charge is 0.331 e. The van der Waals surface area contributed by atoms with E-state index in [2.05, 4.69) is 70.0 Å². The summed E-state index contributed by atoms with van der Waals surface area (Å²) in [7, 11) is 8.23. The highest BCUT2D eigenvalue weighted by molar-refractivity contribution is 5.80. The van der Waals surface area contributed by atoms with Crippen molar-refractivity contribution in [2.75, 3.05) is 41.3 Å². The molecule has 0 aliphatic heterocycles. The second kappa shape index (κ2) is 13.3. The summed E-state index contributed by atoms with van der Waals surface area (Å²) >= 11 is 0. The lowest BCUT2D eigenvalue weighted by Crippen LogP contribution is -2.56. The van der Waals surface area contributed by atoms with Gasteiger partial charge in [-0.05, 0) is 12.8 Å². The first-order valence-corrected chi connectivity index (χ1v) is 12.4. The Balaban J connectivity index is 1.93. The van der Waals surface area contributed by atoms with Gasteiger partial charge in [0.2, 0.25) is 0 Å². The monoisotopic (exact) mass is 468 g/mol. The van der Waals surface area contributed by atoms with E-state index in [0.717, 1.165) is 38.8 Å². The van der Waals surface area contributed by atoms with Crippen molar-refractivity contribution in [3.63, 3.8) is 0 Å². The highest BCUT2D eigenvalue weighted by Crippen LogP contribution is 2.11. The molecule has 0 saturated carbocycles. The van der Waals surface area contributed by atoms with E-state index in [9.17, 15) is 9.59 Å². The van der Waals surface area contributed by atoms with Gasteiger partial charge in [0, 0.05) is 11.1 Å². The lowest BCUT2D eigenvalue weighted by atomic mass is 10.1.